The number of para-hydroxylation sites is 1. The van der Waals surface area contributed by atoms with Crippen LogP contribution >= 0.6 is 0 Å². The van der Waals surface area contributed by atoms with Gasteiger partial charge in [0.15, 0.2) is 0 Å². The third-order valence-electron chi connectivity index (χ3n) is 2.94. The zero-order valence-corrected chi connectivity index (χ0v) is 9.55. The van der Waals surface area contributed by atoms with Crippen molar-refractivity contribution in [3.63, 3.8) is 0 Å². The fraction of sp³-hybridized carbons (Fsp3) is 0.231. The van der Waals surface area contributed by atoms with Crippen molar-refractivity contribution in [3.8, 4) is 5.75 Å². The molecule has 0 spiro atoms. The maximum absolute atomic E-state index is 5.64. The second-order valence-electron chi connectivity index (χ2n) is 3.95. The first-order valence-corrected chi connectivity index (χ1v) is 5.61. The number of fused-ring (bicyclic) bond motifs is 1. The summed E-state index contributed by atoms with van der Waals surface area (Å²) in [4.78, 5) is 8.81. The van der Waals surface area contributed by atoms with Gasteiger partial charge >= 0.3 is 0 Å². The molecule has 1 aliphatic rings. The molecule has 3 rings (SSSR count). The van der Waals surface area contributed by atoms with Gasteiger partial charge in [0.05, 0.1) is 5.92 Å². The third-order valence-corrected chi connectivity index (χ3v) is 2.94. The average molecular weight is 227 g/mol. The van der Waals surface area contributed by atoms with E-state index in [1.54, 1.807) is 6.20 Å². The lowest BCUT2D eigenvalue weighted by molar-refractivity contribution is 0.340. The van der Waals surface area contributed by atoms with Crippen LogP contribution in [0, 0.1) is 0 Å². The summed E-state index contributed by atoms with van der Waals surface area (Å²) in [6, 6.07) is 9.90. The number of hydrogen-bond donors (Lipinski definition) is 1. The molecule has 2 heterocycles. The molecule has 1 unspecified atom stereocenters. The van der Waals surface area contributed by atoms with E-state index in [4.69, 9.17) is 4.74 Å². The molecule has 2 aromatic rings. The second kappa shape index (κ2) is 4.05. The summed E-state index contributed by atoms with van der Waals surface area (Å²) < 4.78 is 5.64. The van der Waals surface area contributed by atoms with Gasteiger partial charge in [0.1, 0.15) is 24.0 Å². The molecular weight excluding hydrogens is 214 g/mol. The molecule has 1 N–H and O–H groups in total. The van der Waals surface area contributed by atoms with E-state index in [0.717, 1.165) is 17.4 Å². The van der Waals surface area contributed by atoms with Gasteiger partial charge in [0.25, 0.3) is 0 Å². The van der Waals surface area contributed by atoms with Gasteiger partial charge in [-0.05, 0) is 12.1 Å². The predicted molar refractivity (Wildman–Crippen MR) is 65.4 cm³/mol. The topological polar surface area (TPSA) is 47.0 Å². The van der Waals surface area contributed by atoms with Gasteiger partial charge in [-0.2, -0.15) is 0 Å². The Morgan fingerprint density at radius 2 is 2.18 bits per heavy atom. The van der Waals surface area contributed by atoms with Crippen LogP contribution in [0.1, 0.15) is 17.3 Å². The summed E-state index contributed by atoms with van der Waals surface area (Å²) in [6.45, 7) is 0.618. The van der Waals surface area contributed by atoms with E-state index >= 15 is 0 Å². The van der Waals surface area contributed by atoms with E-state index in [0.29, 0.717) is 6.61 Å². The van der Waals surface area contributed by atoms with Gasteiger partial charge in [-0.15, -0.1) is 0 Å². The molecule has 0 aliphatic carbocycles. The molecule has 0 bridgehead atoms. The predicted octanol–water partition coefficient (Wildman–Crippen LogP) is 2.04. The number of nitrogens with one attached hydrogen (secondary N) is 1. The molecular formula is C13H13N3O. The minimum atomic E-state index is 0.138. The van der Waals surface area contributed by atoms with Gasteiger partial charge in [0.2, 0.25) is 0 Å². The maximum atomic E-state index is 5.64. The van der Waals surface area contributed by atoms with Crippen molar-refractivity contribution in [2.75, 3.05) is 19.0 Å². The Kier molecular flexibility index (Phi) is 2.40. The first-order valence-electron chi connectivity index (χ1n) is 5.61. The molecule has 0 fully saturated rings. The normalized spacial score (nSPS) is 17.4. The highest BCUT2D eigenvalue weighted by molar-refractivity contribution is 5.44. The van der Waals surface area contributed by atoms with Crippen LogP contribution in [0.4, 0.5) is 5.82 Å². The molecule has 86 valence electrons. The molecule has 0 saturated heterocycles. The Balaban J connectivity index is 2.01. The molecule has 0 radical (unpaired) electrons. The summed E-state index contributed by atoms with van der Waals surface area (Å²) in [6.07, 6.45) is 1.77. The number of ether oxygens (including phenoxy) is 1. The number of aromatic nitrogens is 2. The SMILES string of the molecule is CNc1ccnc(C2COc3ccccc32)n1. The standard InChI is InChI=1S/C13H13N3O/c1-14-12-6-7-15-13(16-12)10-8-17-11-5-3-2-4-9(10)11/h2-7,10H,8H2,1H3,(H,14,15,16). The second-order valence-corrected chi connectivity index (χ2v) is 3.95. The number of benzene rings is 1. The third kappa shape index (κ3) is 1.71. The van der Waals surface area contributed by atoms with Crippen LogP contribution in [0.3, 0.4) is 0 Å². The summed E-state index contributed by atoms with van der Waals surface area (Å²) in [5.41, 5.74) is 1.17. The molecule has 0 amide bonds. The van der Waals surface area contributed by atoms with Crippen molar-refractivity contribution in [1.29, 1.82) is 0 Å². The highest BCUT2D eigenvalue weighted by Gasteiger charge is 2.27. The summed E-state index contributed by atoms with van der Waals surface area (Å²) >= 11 is 0. The molecule has 1 aromatic carbocycles. The Morgan fingerprint density at radius 3 is 3.06 bits per heavy atom. The molecule has 1 aliphatic heterocycles. The van der Waals surface area contributed by atoms with Crippen molar-refractivity contribution in [2.45, 2.75) is 5.92 Å². The molecule has 4 nitrogen and oxygen atoms in total. The highest BCUT2D eigenvalue weighted by Crippen LogP contribution is 2.36. The molecule has 4 heteroatoms. The van der Waals surface area contributed by atoms with Crippen LogP contribution in [0.5, 0.6) is 5.75 Å². The first-order chi connectivity index (χ1) is 8.38. The lowest BCUT2D eigenvalue weighted by Crippen LogP contribution is -2.08. The number of nitrogens with zero attached hydrogens (tertiary/aromatic N) is 2. The summed E-state index contributed by atoms with van der Waals surface area (Å²) in [5, 5.41) is 3.02. The zero-order chi connectivity index (χ0) is 11.7. The molecule has 17 heavy (non-hydrogen) atoms. The van der Waals surface area contributed by atoms with Gasteiger partial charge in [0, 0.05) is 18.8 Å². The number of hydrogen-bond acceptors (Lipinski definition) is 4. The van der Waals surface area contributed by atoms with E-state index in [1.807, 2.05) is 31.3 Å². The molecule has 1 atom stereocenters. The van der Waals surface area contributed by atoms with Crippen LogP contribution in [0.2, 0.25) is 0 Å². The van der Waals surface area contributed by atoms with Crippen LogP contribution in [0.25, 0.3) is 0 Å². The van der Waals surface area contributed by atoms with Crippen molar-refractivity contribution in [2.24, 2.45) is 0 Å². The van der Waals surface area contributed by atoms with Crippen LogP contribution in [-0.4, -0.2) is 23.6 Å². The maximum Gasteiger partial charge on any atom is 0.141 e. The van der Waals surface area contributed by atoms with Crippen LogP contribution in [-0.2, 0) is 0 Å². The minimum absolute atomic E-state index is 0.138. The Labute approximate surface area is 99.7 Å². The van der Waals surface area contributed by atoms with Gasteiger partial charge < -0.3 is 10.1 Å². The van der Waals surface area contributed by atoms with Crippen molar-refractivity contribution in [1.82, 2.24) is 9.97 Å². The van der Waals surface area contributed by atoms with E-state index in [9.17, 15) is 0 Å². The fourth-order valence-corrected chi connectivity index (χ4v) is 2.06. The lowest BCUT2D eigenvalue weighted by atomic mass is 10.0. The fourth-order valence-electron chi connectivity index (χ4n) is 2.06. The van der Waals surface area contributed by atoms with Crippen molar-refractivity contribution < 1.29 is 4.74 Å². The monoisotopic (exact) mass is 227 g/mol. The highest BCUT2D eigenvalue weighted by atomic mass is 16.5. The van der Waals surface area contributed by atoms with E-state index in [-0.39, 0.29) is 5.92 Å². The molecule has 0 saturated carbocycles. The van der Waals surface area contributed by atoms with Crippen LogP contribution in [0.15, 0.2) is 36.5 Å². The quantitative estimate of drug-likeness (QED) is 0.852. The Hall–Kier alpha value is -2.10. The van der Waals surface area contributed by atoms with Crippen LogP contribution < -0.4 is 10.1 Å². The van der Waals surface area contributed by atoms with Gasteiger partial charge in [-0.3, -0.25) is 0 Å². The summed E-state index contributed by atoms with van der Waals surface area (Å²) in [5.74, 6) is 2.72. The lowest BCUT2D eigenvalue weighted by Gasteiger charge is -2.08. The average Bonchev–Trinajstić information content (AvgIpc) is 2.82. The molecule has 1 aromatic heterocycles. The van der Waals surface area contributed by atoms with Gasteiger partial charge in [-0.25, -0.2) is 9.97 Å². The van der Waals surface area contributed by atoms with E-state index < -0.39 is 0 Å². The minimum Gasteiger partial charge on any atom is -0.492 e. The van der Waals surface area contributed by atoms with Crippen molar-refractivity contribution >= 4 is 5.82 Å². The Bertz CT molecular complexity index is 542. The summed E-state index contributed by atoms with van der Waals surface area (Å²) in [7, 11) is 1.85. The first kappa shape index (κ1) is 10.1. The number of anilines is 1. The number of rotatable bonds is 2. The van der Waals surface area contributed by atoms with E-state index in [1.165, 1.54) is 5.56 Å². The van der Waals surface area contributed by atoms with E-state index in [2.05, 4.69) is 21.4 Å². The zero-order valence-electron chi connectivity index (χ0n) is 9.55. The smallest absolute Gasteiger partial charge is 0.141 e. The van der Waals surface area contributed by atoms with Crippen molar-refractivity contribution in [3.05, 3.63) is 47.9 Å². The largest absolute Gasteiger partial charge is 0.492 e. The van der Waals surface area contributed by atoms with Gasteiger partial charge in [-0.1, -0.05) is 18.2 Å². The Morgan fingerprint density at radius 1 is 1.29 bits per heavy atom.